The first-order valence-electron chi connectivity index (χ1n) is 8.97. The Morgan fingerprint density at radius 2 is 2.11 bits per heavy atom. The van der Waals surface area contributed by atoms with Crippen LogP contribution in [0.15, 0.2) is 30.3 Å². The zero-order valence-corrected chi connectivity index (χ0v) is 15.5. The molecule has 2 amide bonds. The second-order valence-electron chi connectivity index (χ2n) is 6.48. The minimum Gasteiger partial charge on any atom is -0.486 e. The summed E-state index contributed by atoms with van der Waals surface area (Å²) < 4.78 is 13.2. The molecule has 3 N–H and O–H groups in total. The van der Waals surface area contributed by atoms with Gasteiger partial charge in [-0.05, 0) is 50.6 Å². The van der Waals surface area contributed by atoms with Crippen LogP contribution < -0.4 is 15.8 Å². The highest BCUT2D eigenvalue weighted by Gasteiger charge is 2.30. The summed E-state index contributed by atoms with van der Waals surface area (Å²) in [4.78, 5) is 23.9. The third-order valence-electron chi connectivity index (χ3n) is 4.48. The first kappa shape index (κ1) is 18.9. The molecule has 1 aromatic heterocycles. The van der Waals surface area contributed by atoms with E-state index in [1.54, 1.807) is 35.0 Å². The number of primary amides is 1. The van der Waals surface area contributed by atoms with Crippen molar-refractivity contribution in [3.05, 3.63) is 47.3 Å². The molecule has 1 saturated heterocycles. The lowest BCUT2D eigenvalue weighted by molar-refractivity contribution is -0.0136. The molecule has 1 aromatic carbocycles. The van der Waals surface area contributed by atoms with Crippen molar-refractivity contribution in [3.8, 4) is 5.75 Å². The summed E-state index contributed by atoms with van der Waals surface area (Å²) in [5.41, 5.74) is 7.00. The fourth-order valence-corrected chi connectivity index (χ4v) is 3.08. The Hall–Kier alpha value is -2.87. The molecule has 1 aliphatic heterocycles. The molecule has 0 radical (unpaired) electrons. The number of aromatic nitrogens is 2. The number of nitrogens with zero attached hydrogens (tertiary/aromatic N) is 2. The van der Waals surface area contributed by atoms with Crippen LogP contribution in [0.4, 0.5) is 0 Å². The van der Waals surface area contributed by atoms with Gasteiger partial charge in [0.1, 0.15) is 17.5 Å². The van der Waals surface area contributed by atoms with Crippen molar-refractivity contribution in [1.82, 2.24) is 15.1 Å². The summed E-state index contributed by atoms with van der Waals surface area (Å²) in [6, 6.07) is 8.17. The van der Waals surface area contributed by atoms with Crippen molar-refractivity contribution in [2.24, 2.45) is 5.73 Å². The summed E-state index contributed by atoms with van der Waals surface area (Å²) in [6.07, 6.45) is 0.316. The van der Waals surface area contributed by atoms with Gasteiger partial charge in [0, 0.05) is 18.7 Å². The second-order valence-corrected chi connectivity index (χ2v) is 6.48. The van der Waals surface area contributed by atoms with Gasteiger partial charge in [0.2, 0.25) is 5.91 Å². The number of nitrogens with two attached hydrogens (primary N) is 1. The van der Waals surface area contributed by atoms with E-state index in [2.05, 4.69) is 10.4 Å². The van der Waals surface area contributed by atoms with E-state index >= 15 is 0 Å². The van der Waals surface area contributed by atoms with Crippen LogP contribution in [-0.2, 0) is 11.3 Å². The van der Waals surface area contributed by atoms with Crippen LogP contribution in [0.3, 0.4) is 0 Å². The van der Waals surface area contributed by atoms with E-state index in [9.17, 15) is 9.59 Å². The molecule has 2 heterocycles. The summed E-state index contributed by atoms with van der Waals surface area (Å²) >= 11 is 0. The maximum Gasteiger partial charge on any atom is 0.269 e. The first-order valence-corrected chi connectivity index (χ1v) is 8.97. The average Bonchev–Trinajstić information content (AvgIpc) is 3.05. The Labute approximate surface area is 157 Å². The zero-order chi connectivity index (χ0) is 19.4. The van der Waals surface area contributed by atoms with Crippen LogP contribution in [0.2, 0.25) is 0 Å². The summed E-state index contributed by atoms with van der Waals surface area (Å²) in [5, 5.41) is 7.36. The number of amides is 2. The van der Waals surface area contributed by atoms with E-state index in [1.165, 1.54) is 0 Å². The van der Waals surface area contributed by atoms with Gasteiger partial charge in [-0.25, -0.2) is 0 Å². The van der Waals surface area contributed by atoms with Crippen molar-refractivity contribution >= 4 is 11.8 Å². The van der Waals surface area contributed by atoms with Gasteiger partial charge in [0.05, 0.1) is 18.3 Å². The van der Waals surface area contributed by atoms with Crippen LogP contribution >= 0.6 is 0 Å². The lowest BCUT2D eigenvalue weighted by Crippen LogP contribution is -2.51. The predicted molar refractivity (Wildman–Crippen MR) is 98.7 cm³/mol. The molecule has 0 aliphatic carbocycles. The average molecular weight is 372 g/mol. The summed E-state index contributed by atoms with van der Waals surface area (Å²) in [5.74, 6) is -0.0817. The molecule has 27 heavy (non-hydrogen) atoms. The van der Waals surface area contributed by atoms with Gasteiger partial charge in [0.15, 0.2) is 0 Å². The van der Waals surface area contributed by atoms with Crippen LogP contribution in [0.1, 0.15) is 39.9 Å². The number of carbonyl (C=O) groups is 2. The standard InChI is InChI=1S/C19H24N4O4/c1-3-23-16(10-12(2)22-23)19(25)21-15-8-9-26-11-17(15)27-14-6-4-13(5-7-14)18(20)24/h4-7,10,15,17H,3,8-9,11H2,1-2H3,(H2,20,24)(H,21,25)/t15-,17-/m1/s1. The number of ether oxygens (including phenoxy) is 2. The minimum atomic E-state index is -0.490. The Bertz CT molecular complexity index is 816. The van der Waals surface area contributed by atoms with Gasteiger partial charge in [-0.3, -0.25) is 14.3 Å². The van der Waals surface area contributed by atoms with Gasteiger partial charge in [-0.1, -0.05) is 0 Å². The third kappa shape index (κ3) is 4.46. The number of carbonyl (C=O) groups excluding carboxylic acids is 2. The van der Waals surface area contributed by atoms with E-state index in [0.29, 0.717) is 43.2 Å². The van der Waals surface area contributed by atoms with Gasteiger partial charge in [-0.15, -0.1) is 0 Å². The molecule has 0 bridgehead atoms. The molecule has 3 rings (SSSR count). The van der Waals surface area contributed by atoms with E-state index in [0.717, 1.165) is 5.69 Å². The highest BCUT2D eigenvalue weighted by Crippen LogP contribution is 2.19. The Morgan fingerprint density at radius 3 is 2.78 bits per heavy atom. The molecule has 1 fully saturated rings. The van der Waals surface area contributed by atoms with E-state index < -0.39 is 5.91 Å². The fraction of sp³-hybridized carbons (Fsp3) is 0.421. The molecular weight excluding hydrogens is 348 g/mol. The number of hydrogen-bond acceptors (Lipinski definition) is 5. The van der Waals surface area contributed by atoms with E-state index in [-0.39, 0.29) is 18.1 Å². The quantitative estimate of drug-likeness (QED) is 0.794. The molecular formula is C19H24N4O4. The minimum absolute atomic E-state index is 0.179. The molecule has 0 saturated carbocycles. The number of nitrogens with one attached hydrogen (secondary N) is 1. The number of aryl methyl sites for hydroxylation is 2. The first-order chi connectivity index (χ1) is 13.0. The number of hydrogen-bond donors (Lipinski definition) is 2. The smallest absolute Gasteiger partial charge is 0.269 e. The van der Waals surface area contributed by atoms with Crippen molar-refractivity contribution in [3.63, 3.8) is 0 Å². The molecule has 144 valence electrons. The third-order valence-corrected chi connectivity index (χ3v) is 4.48. The van der Waals surface area contributed by atoms with E-state index in [1.807, 2.05) is 13.8 Å². The maximum absolute atomic E-state index is 12.7. The largest absolute Gasteiger partial charge is 0.486 e. The van der Waals surface area contributed by atoms with Gasteiger partial charge >= 0.3 is 0 Å². The lowest BCUT2D eigenvalue weighted by atomic mass is 10.1. The van der Waals surface area contributed by atoms with Crippen molar-refractivity contribution in [1.29, 1.82) is 0 Å². The topological polar surface area (TPSA) is 108 Å². The second kappa shape index (κ2) is 8.22. The normalized spacial score (nSPS) is 19.5. The summed E-state index contributed by atoms with van der Waals surface area (Å²) in [7, 11) is 0. The van der Waals surface area contributed by atoms with Crippen LogP contribution in [0.5, 0.6) is 5.75 Å². The monoisotopic (exact) mass is 372 g/mol. The zero-order valence-electron chi connectivity index (χ0n) is 15.5. The van der Waals surface area contributed by atoms with Crippen LogP contribution in [0.25, 0.3) is 0 Å². The maximum atomic E-state index is 12.7. The molecule has 2 aromatic rings. The summed E-state index contributed by atoms with van der Waals surface area (Å²) in [6.45, 7) is 5.35. The van der Waals surface area contributed by atoms with Crippen molar-refractivity contribution < 1.29 is 19.1 Å². The highest BCUT2D eigenvalue weighted by molar-refractivity contribution is 5.93. The van der Waals surface area contributed by atoms with Gasteiger partial charge < -0.3 is 20.5 Å². The Morgan fingerprint density at radius 1 is 1.37 bits per heavy atom. The SMILES string of the molecule is CCn1nc(C)cc1C(=O)N[C@@H]1CCOC[C@H]1Oc1ccc(C(N)=O)cc1. The molecule has 8 nitrogen and oxygen atoms in total. The molecule has 0 spiro atoms. The van der Waals surface area contributed by atoms with Crippen molar-refractivity contribution in [2.75, 3.05) is 13.2 Å². The van der Waals surface area contributed by atoms with Crippen LogP contribution in [-0.4, -0.2) is 47.0 Å². The van der Waals surface area contributed by atoms with Crippen LogP contribution in [0, 0.1) is 6.92 Å². The highest BCUT2D eigenvalue weighted by atomic mass is 16.5. The molecule has 0 unspecified atom stereocenters. The lowest BCUT2D eigenvalue weighted by Gasteiger charge is -2.32. The van der Waals surface area contributed by atoms with E-state index in [4.69, 9.17) is 15.2 Å². The Kier molecular flexibility index (Phi) is 5.75. The molecule has 8 heteroatoms. The Balaban J connectivity index is 1.69. The van der Waals surface area contributed by atoms with Crippen molar-refractivity contribution in [2.45, 2.75) is 39.0 Å². The van der Waals surface area contributed by atoms with Gasteiger partial charge in [0.25, 0.3) is 5.91 Å². The van der Waals surface area contributed by atoms with Gasteiger partial charge in [-0.2, -0.15) is 5.10 Å². The fourth-order valence-electron chi connectivity index (χ4n) is 3.08. The number of benzene rings is 1. The molecule has 2 atom stereocenters. The molecule has 1 aliphatic rings. The number of rotatable bonds is 6. The predicted octanol–water partition coefficient (Wildman–Crippen LogP) is 1.28.